The molecular formula is C24H18Cl2N4O4. The van der Waals surface area contributed by atoms with Gasteiger partial charge in [0, 0.05) is 18.7 Å². The molecular weight excluding hydrogens is 479 g/mol. The van der Waals surface area contributed by atoms with E-state index in [0.29, 0.717) is 33.9 Å². The molecule has 1 aliphatic rings. The van der Waals surface area contributed by atoms with E-state index in [4.69, 9.17) is 27.9 Å². The second-order valence-corrected chi connectivity index (χ2v) is 8.52. The van der Waals surface area contributed by atoms with Crippen molar-refractivity contribution in [3.05, 3.63) is 91.4 Å². The summed E-state index contributed by atoms with van der Waals surface area (Å²) in [7, 11) is 0. The van der Waals surface area contributed by atoms with Crippen molar-refractivity contribution >= 4 is 51.5 Å². The number of H-pyrrole nitrogens is 1. The normalized spacial score (nSPS) is 14.5. The van der Waals surface area contributed by atoms with Crippen molar-refractivity contribution in [2.75, 3.05) is 16.8 Å². The number of benzene rings is 3. The Balaban J connectivity index is 1.66. The molecule has 0 spiro atoms. The third-order valence-corrected chi connectivity index (χ3v) is 6.35. The number of carbonyl (C=O) groups excluding carboxylic acids is 1. The van der Waals surface area contributed by atoms with Gasteiger partial charge in [-0.05, 0) is 30.3 Å². The fourth-order valence-electron chi connectivity index (χ4n) is 4.17. The summed E-state index contributed by atoms with van der Waals surface area (Å²) in [5, 5.41) is 3.62. The van der Waals surface area contributed by atoms with Gasteiger partial charge in [0.1, 0.15) is 17.7 Å². The molecule has 5 rings (SSSR count). The summed E-state index contributed by atoms with van der Waals surface area (Å²) in [5.74, 6) is 0.825. The molecule has 8 nitrogen and oxygen atoms in total. The minimum Gasteiger partial charge on any atom is -0.457 e. The van der Waals surface area contributed by atoms with E-state index < -0.39 is 17.3 Å². The molecule has 0 bridgehead atoms. The summed E-state index contributed by atoms with van der Waals surface area (Å²) in [6.07, 6.45) is -0.841. The molecule has 3 aromatic carbocycles. The van der Waals surface area contributed by atoms with E-state index in [1.165, 1.54) is 22.5 Å². The average Bonchev–Trinajstić information content (AvgIpc) is 2.82. The molecule has 172 valence electrons. The fraction of sp³-hybridized carbons (Fsp3) is 0.125. The smallest absolute Gasteiger partial charge is 0.318 e. The van der Waals surface area contributed by atoms with Crippen molar-refractivity contribution in [3.8, 4) is 11.5 Å². The second kappa shape index (κ2) is 8.55. The Morgan fingerprint density at radius 3 is 2.53 bits per heavy atom. The van der Waals surface area contributed by atoms with E-state index in [-0.39, 0.29) is 22.5 Å². The molecule has 1 unspecified atom stereocenters. The number of aromatic nitrogens is 2. The molecule has 0 saturated heterocycles. The van der Waals surface area contributed by atoms with Crippen LogP contribution in [0.4, 0.5) is 11.4 Å². The van der Waals surface area contributed by atoms with E-state index in [1.807, 2.05) is 30.3 Å². The highest BCUT2D eigenvalue weighted by Gasteiger charge is 2.33. The average molecular weight is 497 g/mol. The lowest BCUT2D eigenvalue weighted by Gasteiger charge is -2.37. The van der Waals surface area contributed by atoms with Crippen molar-refractivity contribution < 1.29 is 9.53 Å². The van der Waals surface area contributed by atoms with Crippen LogP contribution in [0, 0.1) is 0 Å². The van der Waals surface area contributed by atoms with E-state index in [0.717, 1.165) is 0 Å². The van der Waals surface area contributed by atoms with Crippen molar-refractivity contribution in [2.45, 2.75) is 13.1 Å². The first kappa shape index (κ1) is 22.1. The molecule has 1 atom stereocenters. The number of rotatable bonds is 4. The van der Waals surface area contributed by atoms with Crippen molar-refractivity contribution in [1.82, 2.24) is 9.55 Å². The minimum absolute atomic E-state index is 0.120. The Labute approximate surface area is 203 Å². The van der Waals surface area contributed by atoms with Crippen LogP contribution in [0.3, 0.4) is 0 Å². The number of nitrogens with one attached hydrogen (secondary N) is 2. The van der Waals surface area contributed by atoms with E-state index in [1.54, 1.807) is 24.3 Å². The number of para-hydroxylation sites is 1. The predicted molar refractivity (Wildman–Crippen MR) is 132 cm³/mol. The summed E-state index contributed by atoms with van der Waals surface area (Å²) < 4.78 is 7.20. The fourth-order valence-corrected chi connectivity index (χ4v) is 4.59. The third kappa shape index (κ3) is 3.70. The SMILES string of the molecule is CC(=O)N(c1cccc(Oc2ccccc2)c1)C1CNc2c(Cl)c(Cl)cc3[nH]c(=O)c(=O)n1c23. The Morgan fingerprint density at radius 2 is 1.79 bits per heavy atom. The van der Waals surface area contributed by atoms with E-state index in [2.05, 4.69) is 10.3 Å². The first-order chi connectivity index (χ1) is 16.3. The van der Waals surface area contributed by atoms with Crippen molar-refractivity contribution in [2.24, 2.45) is 0 Å². The van der Waals surface area contributed by atoms with Crippen molar-refractivity contribution in [3.63, 3.8) is 0 Å². The standard InChI is InChI=1S/C24H18Cl2N4O4/c1-13(31)29(14-6-5-9-16(10-14)34-15-7-3-2-4-8-15)19-12-27-21-20(26)17(25)11-18-22(21)30(19)24(33)23(32)28-18/h2-11,19,27H,12H2,1H3,(H,28,32). The number of halogens is 2. The minimum atomic E-state index is -0.841. The first-order valence-corrected chi connectivity index (χ1v) is 11.1. The van der Waals surface area contributed by atoms with Gasteiger partial charge in [-0.15, -0.1) is 0 Å². The van der Waals surface area contributed by atoms with Crippen LogP contribution in [-0.4, -0.2) is 22.0 Å². The molecule has 0 radical (unpaired) electrons. The van der Waals surface area contributed by atoms with Crippen LogP contribution in [0.5, 0.6) is 11.5 Å². The van der Waals surface area contributed by atoms with Gasteiger partial charge in [-0.25, -0.2) is 0 Å². The number of hydrogen-bond donors (Lipinski definition) is 2. The molecule has 10 heteroatoms. The monoisotopic (exact) mass is 496 g/mol. The maximum absolute atomic E-state index is 13.0. The number of amides is 1. The molecule has 1 aliphatic heterocycles. The summed E-state index contributed by atoms with van der Waals surface area (Å²) in [5.41, 5.74) is -0.0287. The topological polar surface area (TPSA) is 96.4 Å². The molecule has 1 amide bonds. The summed E-state index contributed by atoms with van der Waals surface area (Å²) >= 11 is 12.6. The molecule has 0 saturated carbocycles. The first-order valence-electron chi connectivity index (χ1n) is 10.4. The van der Waals surface area contributed by atoms with Crippen LogP contribution < -0.4 is 26.1 Å². The molecule has 0 aliphatic carbocycles. The summed E-state index contributed by atoms with van der Waals surface area (Å²) in [6.45, 7) is 1.51. The molecule has 0 fully saturated rings. The molecule has 1 aromatic heterocycles. The quantitative estimate of drug-likeness (QED) is 0.396. The highest BCUT2D eigenvalue weighted by atomic mass is 35.5. The lowest BCUT2D eigenvalue weighted by atomic mass is 10.1. The molecule has 2 N–H and O–H groups in total. The van der Waals surface area contributed by atoms with Gasteiger partial charge in [-0.3, -0.25) is 23.9 Å². The van der Waals surface area contributed by atoms with Gasteiger partial charge in [0.05, 0.1) is 33.3 Å². The number of anilines is 2. The van der Waals surface area contributed by atoms with Gasteiger partial charge in [0.2, 0.25) is 5.91 Å². The lowest BCUT2D eigenvalue weighted by Crippen LogP contribution is -2.50. The van der Waals surface area contributed by atoms with E-state index >= 15 is 0 Å². The largest absolute Gasteiger partial charge is 0.457 e. The van der Waals surface area contributed by atoms with Crippen molar-refractivity contribution in [1.29, 1.82) is 0 Å². The highest BCUT2D eigenvalue weighted by Crippen LogP contribution is 2.40. The highest BCUT2D eigenvalue weighted by molar-refractivity contribution is 6.45. The lowest BCUT2D eigenvalue weighted by molar-refractivity contribution is -0.117. The number of hydrogen-bond acceptors (Lipinski definition) is 5. The molecule has 2 heterocycles. The maximum Gasteiger partial charge on any atom is 0.318 e. The Kier molecular flexibility index (Phi) is 5.55. The Bertz CT molecular complexity index is 1550. The zero-order valence-corrected chi connectivity index (χ0v) is 19.4. The van der Waals surface area contributed by atoms with Crippen LogP contribution in [0.25, 0.3) is 11.0 Å². The van der Waals surface area contributed by atoms with E-state index in [9.17, 15) is 14.4 Å². The molecule has 34 heavy (non-hydrogen) atoms. The Hall–Kier alpha value is -3.75. The van der Waals surface area contributed by atoms with Crippen LogP contribution in [0.1, 0.15) is 13.1 Å². The van der Waals surface area contributed by atoms with Crippen LogP contribution in [0.2, 0.25) is 10.0 Å². The van der Waals surface area contributed by atoms with Gasteiger partial charge in [-0.2, -0.15) is 0 Å². The summed E-state index contributed by atoms with van der Waals surface area (Å²) in [4.78, 5) is 42.3. The summed E-state index contributed by atoms with van der Waals surface area (Å²) in [6, 6.07) is 17.7. The predicted octanol–water partition coefficient (Wildman–Crippen LogP) is 4.77. The van der Waals surface area contributed by atoms with Gasteiger partial charge >= 0.3 is 11.1 Å². The third-order valence-electron chi connectivity index (χ3n) is 5.57. The zero-order valence-electron chi connectivity index (χ0n) is 17.8. The number of nitrogens with zero attached hydrogens (tertiary/aromatic N) is 2. The van der Waals surface area contributed by atoms with Crippen LogP contribution >= 0.6 is 23.2 Å². The van der Waals surface area contributed by atoms with Gasteiger partial charge < -0.3 is 15.0 Å². The van der Waals surface area contributed by atoms with Gasteiger partial charge in [0.25, 0.3) is 0 Å². The number of carbonyl (C=O) groups is 1. The van der Waals surface area contributed by atoms with Crippen LogP contribution in [-0.2, 0) is 4.79 Å². The number of aromatic amines is 1. The maximum atomic E-state index is 13.0. The Morgan fingerprint density at radius 1 is 1.06 bits per heavy atom. The second-order valence-electron chi connectivity index (χ2n) is 7.74. The van der Waals surface area contributed by atoms with Gasteiger partial charge in [0.15, 0.2) is 0 Å². The van der Waals surface area contributed by atoms with Gasteiger partial charge in [-0.1, -0.05) is 47.5 Å². The molecule has 4 aromatic rings. The van der Waals surface area contributed by atoms with Crippen LogP contribution in [0.15, 0.2) is 70.3 Å². The zero-order chi connectivity index (χ0) is 24.0. The number of ether oxygens (including phenoxy) is 1.